The molecule has 0 saturated heterocycles. The molecule has 5 rings (SSSR count). The minimum Gasteiger partial charge on any atom is -0.233 e. The van der Waals surface area contributed by atoms with Crippen LogP contribution < -0.4 is 0 Å². The first-order valence-corrected chi connectivity index (χ1v) is 12.8. The normalized spacial score (nSPS) is 22.3. The molecule has 0 spiro atoms. The van der Waals surface area contributed by atoms with Gasteiger partial charge in [-0.3, -0.25) is 0 Å². The Bertz CT molecular complexity index is 1260. The maximum absolute atomic E-state index is 13.3. The second-order valence-electron chi connectivity index (χ2n) is 9.22. The van der Waals surface area contributed by atoms with Crippen LogP contribution in [0.4, 0.5) is 4.39 Å². The van der Waals surface area contributed by atoms with Crippen molar-refractivity contribution in [2.75, 3.05) is 5.75 Å². The largest absolute Gasteiger partial charge is 0.233 e. The number of allylic oxidation sites excluding steroid dienone is 1. The first-order valence-electron chi connectivity index (χ1n) is 11.2. The highest BCUT2D eigenvalue weighted by Gasteiger charge is 2.45. The zero-order chi connectivity index (χ0) is 22.3. The molecule has 0 bridgehead atoms. The van der Waals surface area contributed by atoms with Gasteiger partial charge in [0.05, 0.1) is 28.2 Å². The number of aromatic nitrogens is 2. The fourth-order valence-electron chi connectivity index (χ4n) is 5.45. The fourth-order valence-corrected chi connectivity index (χ4v) is 6.80. The van der Waals surface area contributed by atoms with Gasteiger partial charge in [0, 0.05) is 0 Å². The van der Waals surface area contributed by atoms with Crippen LogP contribution in [-0.4, -0.2) is 24.0 Å². The lowest BCUT2D eigenvalue weighted by Crippen LogP contribution is -2.29. The monoisotopic (exact) mass is 450 g/mol. The summed E-state index contributed by atoms with van der Waals surface area (Å²) in [6, 6.07) is 15.1. The summed E-state index contributed by atoms with van der Waals surface area (Å²) in [6.45, 7) is 2.32. The number of benzene rings is 2. The predicted molar refractivity (Wildman–Crippen MR) is 124 cm³/mol. The van der Waals surface area contributed by atoms with Gasteiger partial charge in [0.15, 0.2) is 9.84 Å². The summed E-state index contributed by atoms with van der Waals surface area (Å²) in [5.41, 5.74) is 4.60. The van der Waals surface area contributed by atoms with Crippen LogP contribution >= 0.6 is 0 Å². The minimum absolute atomic E-state index is 0.0418. The van der Waals surface area contributed by atoms with Crippen LogP contribution in [0.5, 0.6) is 0 Å². The minimum atomic E-state index is -3.23. The molecule has 166 valence electrons. The van der Waals surface area contributed by atoms with Gasteiger partial charge < -0.3 is 0 Å². The maximum atomic E-state index is 13.3. The molecule has 0 N–H and O–H groups in total. The van der Waals surface area contributed by atoms with E-state index in [-0.39, 0.29) is 17.0 Å². The first-order chi connectivity index (χ1) is 15.4. The molecular weight excluding hydrogens is 423 g/mol. The van der Waals surface area contributed by atoms with Gasteiger partial charge in [0.1, 0.15) is 5.82 Å². The van der Waals surface area contributed by atoms with E-state index >= 15 is 0 Å². The number of halogens is 1. The van der Waals surface area contributed by atoms with Gasteiger partial charge in [0.25, 0.3) is 0 Å². The predicted octanol–water partition coefficient (Wildman–Crippen LogP) is 5.62. The number of nitrogens with zero attached hydrogens (tertiary/aromatic N) is 2. The Morgan fingerprint density at radius 1 is 1.12 bits per heavy atom. The molecule has 2 aliphatic rings. The van der Waals surface area contributed by atoms with Crippen LogP contribution in [0.25, 0.3) is 11.8 Å². The Labute approximate surface area is 188 Å². The number of fused-ring (bicyclic) bond motifs is 2. The van der Waals surface area contributed by atoms with Gasteiger partial charge in [-0.2, -0.15) is 5.10 Å². The van der Waals surface area contributed by atoms with Gasteiger partial charge >= 0.3 is 0 Å². The summed E-state index contributed by atoms with van der Waals surface area (Å²) in [5, 5.41) is 4.58. The Morgan fingerprint density at radius 2 is 1.88 bits per heavy atom. The van der Waals surface area contributed by atoms with Crippen LogP contribution in [0.15, 0.2) is 71.3 Å². The van der Waals surface area contributed by atoms with Crippen molar-refractivity contribution in [1.29, 1.82) is 0 Å². The van der Waals surface area contributed by atoms with Gasteiger partial charge in [-0.05, 0) is 91.5 Å². The van der Waals surface area contributed by atoms with Gasteiger partial charge in [0.2, 0.25) is 0 Å². The average molecular weight is 451 g/mol. The lowest BCUT2D eigenvalue weighted by Gasteiger charge is -2.36. The molecule has 1 aromatic heterocycles. The summed E-state index contributed by atoms with van der Waals surface area (Å²) >= 11 is 0. The van der Waals surface area contributed by atoms with E-state index in [0.717, 1.165) is 37.1 Å². The molecule has 0 unspecified atom stereocenters. The van der Waals surface area contributed by atoms with Crippen molar-refractivity contribution >= 4 is 15.9 Å². The highest BCUT2D eigenvalue weighted by atomic mass is 32.2. The molecule has 3 aromatic rings. The topological polar surface area (TPSA) is 52.0 Å². The van der Waals surface area contributed by atoms with Gasteiger partial charge in [-0.1, -0.05) is 30.7 Å². The highest BCUT2D eigenvalue weighted by Crippen LogP contribution is 2.54. The van der Waals surface area contributed by atoms with Crippen molar-refractivity contribution in [3.63, 3.8) is 0 Å². The van der Waals surface area contributed by atoms with Crippen LogP contribution in [0.3, 0.4) is 0 Å². The second kappa shape index (κ2) is 8.00. The quantitative estimate of drug-likeness (QED) is 0.490. The van der Waals surface area contributed by atoms with Crippen molar-refractivity contribution < 1.29 is 12.8 Å². The van der Waals surface area contributed by atoms with Gasteiger partial charge in [-0.25, -0.2) is 17.5 Å². The van der Waals surface area contributed by atoms with Crippen molar-refractivity contribution in [2.24, 2.45) is 11.3 Å². The van der Waals surface area contributed by atoms with Crippen LogP contribution in [0.1, 0.15) is 43.9 Å². The van der Waals surface area contributed by atoms with E-state index in [4.69, 9.17) is 0 Å². The fraction of sp³-hybridized carbons (Fsp3) is 0.346. The van der Waals surface area contributed by atoms with E-state index in [2.05, 4.69) is 18.1 Å². The lowest BCUT2D eigenvalue weighted by molar-refractivity contribution is 0.254. The zero-order valence-corrected chi connectivity index (χ0v) is 19.0. The SMILES string of the molecule is C[C@]12Cc3cnn(-c4ccc(F)cc4)c3C=C1CC[C@@H]2CCCS(=O)(=O)c1ccccc1. The van der Waals surface area contributed by atoms with Gasteiger partial charge in [-0.15, -0.1) is 0 Å². The molecular formula is C26H27FN2O2S. The molecule has 2 aliphatic carbocycles. The van der Waals surface area contributed by atoms with Crippen molar-refractivity contribution in [3.8, 4) is 5.69 Å². The Kier molecular flexibility index (Phi) is 5.28. The third-order valence-electron chi connectivity index (χ3n) is 7.29. The lowest BCUT2D eigenvalue weighted by atomic mass is 9.69. The molecule has 6 heteroatoms. The smallest absolute Gasteiger partial charge is 0.178 e. The number of hydrogen-bond donors (Lipinski definition) is 0. The summed E-state index contributed by atoms with van der Waals surface area (Å²) in [7, 11) is -3.23. The van der Waals surface area contributed by atoms with Crippen molar-refractivity contribution in [1.82, 2.24) is 9.78 Å². The molecule has 4 nitrogen and oxygen atoms in total. The Balaban J connectivity index is 1.31. The summed E-state index contributed by atoms with van der Waals surface area (Å²) in [5.74, 6) is 0.395. The van der Waals surface area contributed by atoms with E-state index < -0.39 is 9.84 Å². The first kappa shape index (κ1) is 21.1. The number of sulfone groups is 1. The van der Waals surface area contributed by atoms with Crippen molar-refractivity contribution in [2.45, 2.75) is 43.9 Å². The van der Waals surface area contributed by atoms with Crippen molar-refractivity contribution in [3.05, 3.63) is 83.4 Å². The van der Waals surface area contributed by atoms with E-state index in [9.17, 15) is 12.8 Å². The molecule has 2 atom stereocenters. The third kappa shape index (κ3) is 3.71. The summed E-state index contributed by atoms with van der Waals surface area (Å²) in [6.07, 6.45) is 8.78. The Hall–Kier alpha value is -2.73. The second-order valence-corrected chi connectivity index (χ2v) is 11.3. The summed E-state index contributed by atoms with van der Waals surface area (Å²) < 4.78 is 40.5. The molecule has 0 radical (unpaired) electrons. The molecule has 1 fully saturated rings. The molecule has 1 saturated carbocycles. The van der Waals surface area contributed by atoms with E-state index in [1.54, 1.807) is 36.4 Å². The van der Waals surface area contributed by atoms with Crippen LogP contribution in [0, 0.1) is 17.2 Å². The van der Waals surface area contributed by atoms with E-state index in [0.29, 0.717) is 17.2 Å². The van der Waals surface area contributed by atoms with Crippen LogP contribution in [-0.2, 0) is 16.3 Å². The maximum Gasteiger partial charge on any atom is 0.178 e. The molecule has 1 heterocycles. The number of rotatable bonds is 6. The zero-order valence-electron chi connectivity index (χ0n) is 18.2. The molecule has 0 aliphatic heterocycles. The van der Waals surface area contributed by atoms with E-state index in [1.165, 1.54) is 23.3 Å². The molecule has 32 heavy (non-hydrogen) atoms. The standard InChI is InChI=1S/C26H27FN2O2S/c1-26-17-19-18-28-29(23-13-11-22(27)12-14-23)25(19)16-21(26)10-9-20(26)6-5-15-32(30,31)24-7-3-2-4-8-24/h2-4,7-8,11-14,16,18,20H,5-6,9-10,15,17H2,1H3/t20-,26+/m0/s1. The molecule has 2 aromatic carbocycles. The molecule has 0 amide bonds. The van der Waals surface area contributed by atoms with Crippen LogP contribution in [0.2, 0.25) is 0 Å². The highest BCUT2D eigenvalue weighted by molar-refractivity contribution is 7.91. The Morgan fingerprint density at radius 3 is 2.62 bits per heavy atom. The number of hydrogen-bond acceptors (Lipinski definition) is 3. The average Bonchev–Trinajstić information content (AvgIpc) is 3.33. The summed E-state index contributed by atoms with van der Waals surface area (Å²) in [4.78, 5) is 0.411. The van der Waals surface area contributed by atoms with E-state index in [1.807, 2.05) is 16.9 Å². The third-order valence-corrected chi connectivity index (χ3v) is 9.11.